The Balaban J connectivity index is 1.70. The molecule has 0 unspecified atom stereocenters. The predicted molar refractivity (Wildman–Crippen MR) is 121 cm³/mol. The number of likely N-dealkylation sites (tertiary alicyclic amines) is 1. The summed E-state index contributed by atoms with van der Waals surface area (Å²) < 4.78 is 0. The zero-order chi connectivity index (χ0) is 23.0. The Morgan fingerprint density at radius 2 is 2.03 bits per heavy atom. The van der Waals surface area contributed by atoms with Gasteiger partial charge in [-0.25, -0.2) is 0 Å². The highest BCUT2D eigenvalue weighted by Crippen LogP contribution is 2.63. The van der Waals surface area contributed by atoms with Gasteiger partial charge in [-0.3, -0.25) is 9.69 Å². The predicted octanol–water partition coefficient (Wildman–Crippen LogP) is 1.88. The first-order valence-electron chi connectivity index (χ1n) is 11.9. The van der Waals surface area contributed by atoms with Crippen LogP contribution >= 0.6 is 0 Å². The summed E-state index contributed by atoms with van der Waals surface area (Å²) in [5, 5.41) is 36.9. The monoisotopic (exact) mass is 441 g/mol. The van der Waals surface area contributed by atoms with Crippen molar-refractivity contribution >= 4 is 5.91 Å². The number of aromatic hydroxyl groups is 2. The van der Waals surface area contributed by atoms with E-state index in [1.54, 1.807) is 0 Å². The van der Waals surface area contributed by atoms with E-state index in [2.05, 4.69) is 10.2 Å². The number of hydrogen-bond donors (Lipinski definition) is 5. The maximum atomic E-state index is 13.1. The number of phenolic OH excluding ortho intramolecular Hbond substituents is 2. The van der Waals surface area contributed by atoms with Crippen LogP contribution in [0.15, 0.2) is 23.4 Å². The Morgan fingerprint density at radius 1 is 1.31 bits per heavy atom. The van der Waals surface area contributed by atoms with Crippen molar-refractivity contribution in [2.24, 2.45) is 17.6 Å². The van der Waals surface area contributed by atoms with Crippen molar-refractivity contribution in [3.8, 4) is 11.5 Å². The van der Waals surface area contributed by atoms with E-state index in [0.29, 0.717) is 35.6 Å². The van der Waals surface area contributed by atoms with Gasteiger partial charge in [-0.05, 0) is 63.6 Å². The first kappa shape index (κ1) is 21.6. The average Bonchev–Trinajstić information content (AvgIpc) is 3.53. The fourth-order valence-corrected chi connectivity index (χ4v) is 6.82. The lowest BCUT2D eigenvalue weighted by molar-refractivity contribution is -0.167. The number of phenols is 2. The molecule has 1 heterocycles. The quantitative estimate of drug-likeness (QED) is 0.455. The SMILES string of the molecule is CC(C)NC(=O)C1=C(N)[C@H](C)[C@]23CCN(CC4CC4)[C@H](Cc4ccc(O)c(O)c42)[C@]3(O)C1. The largest absolute Gasteiger partial charge is 0.504 e. The highest BCUT2D eigenvalue weighted by Gasteiger charge is 2.68. The third kappa shape index (κ3) is 2.83. The van der Waals surface area contributed by atoms with Gasteiger partial charge in [-0.2, -0.15) is 0 Å². The van der Waals surface area contributed by atoms with Crippen molar-refractivity contribution in [2.75, 3.05) is 13.1 Å². The van der Waals surface area contributed by atoms with Crippen LogP contribution in [-0.4, -0.2) is 56.9 Å². The Labute approximate surface area is 189 Å². The molecule has 1 saturated carbocycles. The van der Waals surface area contributed by atoms with Gasteiger partial charge in [-0.15, -0.1) is 0 Å². The summed E-state index contributed by atoms with van der Waals surface area (Å²) in [5.74, 6) is -0.273. The smallest absolute Gasteiger partial charge is 0.249 e. The Hall–Kier alpha value is -2.25. The molecule has 7 heteroatoms. The van der Waals surface area contributed by atoms with E-state index in [9.17, 15) is 20.1 Å². The number of fused-ring (bicyclic) bond motifs is 1. The molecule has 1 aromatic rings. The van der Waals surface area contributed by atoms with E-state index in [1.165, 1.54) is 18.9 Å². The van der Waals surface area contributed by atoms with Gasteiger partial charge in [0.1, 0.15) is 0 Å². The molecule has 3 aliphatic carbocycles. The number of piperidine rings is 1. The number of hydrogen-bond acceptors (Lipinski definition) is 6. The summed E-state index contributed by atoms with van der Waals surface area (Å²) in [6.07, 6.45) is 3.77. The second-order valence-corrected chi connectivity index (χ2v) is 10.7. The molecule has 2 fully saturated rings. The van der Waals surface area contributed by atoms with Crippen molar-refractivity contribution in [1.29, 1.82) is 0 Å². The van der Waals surface area contributed by atoms with Crippen molar-refractivity contribution in [3.05, 3.63) is 34.5 Å². The van der Waals surface area contributed by atoms with E-state index in [4.69, 9.17) is 5.73 Å². The maximum Gasteiger partial charge on any atom is 0.249 e. The molecule has 1 aromatic carbocycles. The van der Waals surface area contributed by atoms with Gasteiger partial charge in [0.25, 0.3) is 0 Å². The van der Waals surface area contributed by atoms with Gasteiger partial charge in [0.05, 0.1) is 5.60 Å². The summed E-state index contributed by atoms with van der Waals surface area (Å²) in [7, 11) is 0. The number of carbonyl (C=O) groups excluding carboxylic acids is 1. The zero-order valence-corrected chi connectivity index (χ0v) is 19.2. The molecule has 4 atom stereocenters. The molecule has 1 aliphatic heterocycles. The number of carbonyl (C=O) groups is 1. The van der Waals surface area contributed by atoms with Gasteiger partial charge in [0, 0.05) is 53.2 Å². The molecule has 32 heavy (non-hydrogen) atoms. The number of nitrogens with one attached hydrogen (secondary N) is 1. The minimum Gasteiger partial charge on any atom is -0.504 e. The van der Waals surface area contributed by atoms with Gasteiger partial charge in [0.15, 0.2) is 11.5 Å². The van der Waals surface area contributed by atoms with E-state index in [0.717, 1.165) is 18.7 Å². The first-order chi connectivity index (χ1) is 15.1. The Kier molecular flexibility index (Phi) is 4.81. The number of aliphatic hydroxyl groups is 1. The van der Waals surface area contributed by atoms with Crippen LogP contribution in [0.25, 0.3) is 0 Å². The molecular formula is C25H35N3O4. The Morgan fingerprint density at radius 3 is 2.69 bits per heavy atom. The van der Waals surface area contributed by atoms with Crippen LogP contribution in [0.3, 0.4) is 0 Å². The summed E-state index contributed by atoms with van der Waals surface area (Å²) in [5.41, 5.74) is 6.96. The number of nitrogens with two attached hydrogens (primary N) is 1. The van der Waals surface area contributed by atoms with Crippen LogP contribution < -0.4 is 11.1 Å². The topological polar surface area (TPSA) is 119 Å². The summed E-state index contributed by atoms with van der Waals surface area (Å²) in [6.45, 7) is 7.50. The van der Waals surface area contributed by atoms with Crippen LogP contribution in [0.4, 0.5) is 0 Å². The maximum absolute atomic E-state index is 13.1. The zero-order valence-electron chi connectivity index (χ0n) is 19.2. The lowest BCUT2D eigenvalue weighted by Gasteiger charge is -2.65. The van der Waals surface area contributed by atoms with Gasteiger partial charge in [0.2, 0.25) is 5.91 Å². The van der Waals surface area contributed by atoms with Crippen molar-refractivity contribution < 1.29 is 20.1 Å². The summed E-state index contributed by atoms with van der Waals surface area (Å²) in [6, 6.07) is 3.19. The number of allylic oxidation sites excluding steroid dienone is 1. The van der Waals surface area contributed by atoms with Crippen molar-refractivity contribution in [3.63, 3.8) is 0 Å². The van der Waals surface area contributed by atoms with Crippen LogP contribution in [0.5, 0.6) is 11.5 Å². The van der Waals surface area contributed by atoms with Gasteiger partial charge >= 0.3 is 0 Å². The van der Waals surface area contributed by atoms with E-state index >= 15 is 0 Å². The highest BCUT2D eigenvalue weighted by molar-refractivity contribution is 5.95. The van der Waals surface area contributed by atoms with E-state index in [-0.39, 0.29) is 41.8 Å². The van der Waals surface area contributed by atoms with Gasteiger partial charge < -0.3 is 26.4 Å². The summed E-state index contributed by atoms with van der Waals surface area (Å²) in [4.78, 5) is 15.5. The second kappa shape index (κ2) is 7.12. The molecule has 174 valence electrons. The number of benzene rings is 1. The highest BCUT2D eigenvalue weighted by atomic mass is 16.3. The van der Waals surface area contributed by atoms with Crippen LogP contribution in [-0.2, 0) is 16.6 Å². The normalized spacial score (nSPS) is 34.3. The lowest BCUT2D eigenvalue weighted by atomic mass is 9.46. The molecule has 0 radical (unpaired) electrons. The molecule has 6 N–H and O–H groups in total. The van der Waals surface area contributed by atoms with E-state index in [1.807, 2.05) is 26.8 Å². The number of rotatable bonds is 4. The minimum absolute atomic E-state index is 0.0393. The molecule has 1 saturated heterocycles. The third-order valence-electron chi connectivity index (χ3n) is 8.54. The molecule has 0 aromatic heterocycles. The van der Waals surface area contributed by atoms with Gasteiger partial charge in [-0.1, -0.05) is 13.0 Å². The minimum atomic E-state index is -1.27. The third-order valence-corrected chi connectivity index (χ3v) is 8.54. The molecule has 1 amide bonds. The molecule has 0 spiro atoms. The van der Waals surface area contributed by atoms with Crippen LogP contribution in [0, 0.1) is 11.8 Å². The Bertz CT molecular complexity index is 1000. The van der Waals surface area contributed by atoms with Crippen LogP contribution in [0.2, 0.25) is 0 Å². The number of amides is 1. The first-order valence-corrected chi connectivity index (χ1v) is 11.9. The average molecular weight is 442 g/mol. The number of nitrogens with zero attached hydrogens (tertiary/aromatic N) is 1. The molecule has 7 nitrogen and oxygen atoms in total. The second-order valence-electron chi connectivity index (χ2n) is 10.7. The van der Waals surface area contributed by atoms with Crippen LogP contribution in [0.1, 0.15) is 57.6 Å². The van der Waals surface area contributed by atoms with Crippen molar-refractivity contribution in [1.82, 2.24) is 10.2 Å². The molecule has 5 rings (SSSR count). The molecular weight excluding hydrogens is 406 g/mol. The standard InChI is InChI=1S/C25H35N3O4/c1-13(2)27-23(31)17-11-25(32)19-10-16-6-7-18(29)22(30)20(16)24(25,14(3)21(17)26)8-9-28(19)12-15-4-5-15/h6-7,13-15,19,29-30,32H,4-5,8-12,26H2,1-3H3,(H,27,31)/t14-,19+,24+,25+/m0/s1. The van der Waals surface area contributed by atoms with E-state index < -0.39 is 11.0 Å². The fraction of sp³-hybridized carbons (Fsp3) is 0.640. The fourth-order valence-electron chi connectivity index (χ4n) is 6.82. The lowest BCUT2D eigenvalue weighted by Crippen LogP contribution is -2.75. The van der Waals surface area contributed by atoms with Crippen molar-refractivity contribution in [2.45, 2.75) is 76.0 Å². The molecule has 4 aliphatic rings. The molecule has 2 bridgehead atoms. The summed E-state index contributed by atoms with van der Waals surface area (Å²) >= 11 is 0.